The molecule has 0 fully saturated rings. The van der Waals surface area contributed by atoms with E-state index in [0.717, 1.165) is 16.7 Å². The van der Waals surface area contributed by atoms with Crippen molar-refractivity contribution < 1.29 is 4.39 Å². The van der Waals surface area contributed by atoms with E-state index < -0.39 is 0 Å². The number of rotatable bonds is 2. The first-order valence-electron chi connectivity index (χ1n) is 6.18. The van der Waals surface area contributed by atoms with Crippen LogP contribution in [-0.2, 0) is 0 Å². The van der Waals surface area contributed by atoms with Crippen LogP contribution in [0.5, 0.6) is 0 Å². The Morgan fingerprint density at radius 2 is 1.85 bits per heavy atom. The molecule has 0 saturated heterocycles. The monoisotopic (exact) mass is 268 g/mol. The van der Waals surface area contributed by atoms with E-state index >= 15 is 0 Å². The Hall–Kier alpha value is -2.69. The molecular formula is C15H13FN4. The van der Waals surface area contributed by atoms with Crippen molar-refractivity contribution in [1.29, 1.82) is 0 Å². The standard InChI is InChI=1S/C15H13FN4/c1-9-2-4-10(5-3-9)13-14(19-20-15(13)17)12-7-6-11(16)8-18-12/h2-8H,1H3,(H3,17,19,20). The first-order valence-corrected chi connectivity index (χ1v) is 6.18. The molecule has 100 valence electrons. The van der Waals surface area contributed by atoms with Crippen molar-refractivity contribution in [3.05, 3.63) is 54.0 Å². The summed E-state index contributed by atoms with van der Waals surface area (Å²) in [6.07, 6.45) is 1.17. The number of nitrogens with one attached hydrogen (secondary N) is 1. The molecule has 3 aromatic rings. The van der Waals surface area contributed by atoms with E-state index in [1.807, 2.05) is 31.2 Å². The lowest BCUT2D eigenvalue weighted by Crippen LogP contribution is -1.90. The van der Waals surface area contributed by atoms with Crippen LogP contribution in [0.25, 0.3) is 22.5 Å². The molecule has 1 aromatic carbocycles. The zero-order chi connectivity index (χ0) is 14.1. The summed E-state index contributed by atoms with van der Waals surface area (Å²) in [4.78, 5) is 4.06. The quantitative estimate of drug-likeness (QED) is 0.750. The van der Waals surface area contributed by atoms with Gasteiger partial charge in [0.2, 0.25) is 0 Å². The number of hydrogen-bond acceptors (Lipinski definition) is 3. The highest BCUT2D eigenvalue weighted by Gasteiger charge is 2.15. The molecule has 2 aromatic heterocycles. The van der Waals surface area contributed by atoms with Crippen LogP contribution in [0.3, 0.4) is 0 Å². The Balaban J connectivity index is 2.14. The maximum absolute atomic E-state index is 13.0. The molecule has 3 N–H and O–H groups in total. The van der Waals surface area contributed by atoms with Gasteiger partial charge in [-0.3, -0.25) is 10.1 Å². The van der Waals surface area contributed by atoms with Crippen molar-refractivity contribution in [1.82, 2.24) is 15.2 Å². The number of hydrogen-bond donors (Lipinski definition) is 2. The fourth-order valence-electron chi connectivity index (χ4n) is 2.08. The third-order valence-corrected chi connectivity index (χ3v) is 3.12. The molecule has 0 amide bonds. The van der Waals surface area contributed by atoms with Crippen LogP contribution in [0, 0.1) is 12.7 Å². The molecule has 0 bridgehead atoms. The minimum Gasteiger partial charge on any atom is -0.382 e. The lowest BCUT2D eigenvalue weighted by atomic mass is 10.0. The van der Waals surface area contributed by atoms with Crippen LogP contribution in [0.2, 0.25) is 0 Å². The fourth-order valence-corrected chi connectivity index (χ4v) is 2.08. The first kappa shape index (κ1) is 12.3. The Bertz CT molecular complexity index is 730. The first-order chi connectivity index (χ1) is 9.65. The van der Waals surface area contributed by atoms with Crippen molar-refractivity contribution in [2.45, 2.75) is 6.92 Å². The number of aromatic nitrogens is 3. The summed E-state index contributed by atoms with van der Waals surface area (Å²) in [5.41, 5.74) is 10.1. The van der Waals surface area contributed by atoms with E-state index in [4.69, 9.17) is 5.73 Å². The predicted octanol–water partition coefficient (Wildman–Crippen LogP) is 3.17. The number of anilines is 1. The number of benzene rings is 1. The molecule has 3 rings (SSSR count). The fraction of sp³-hybridized carbons (Fsp3) is 0.0667. The summed E-state index contributed by atoms with van der Waals surface area (Å²) in [5, 5.41) is 6.90. The molecule has 0 unspecified atom stereocenters. The van der Waals surface area contributed by atoms with Crippen LogP contribution < -0.4 is 5.73 Å². The molecule has 20 heavy (non-hydrogen) atoms. The minimum atomic E-state index is -0.377. The van der Waals surface area contributed by atoms with Gasteiger partial charge in [0.25, 0.3) is 0 Å². The Kier molecular flexibility index (Phi) is 2.95. The third kappa shape index (κ3) is 2.14. The Morgan fingerprint density at radius 1 is 1.10 bits per heavy atom. The molecule has 0 aliphatic heterocycles. The molecule has 4 nitrogen and oxygen atoms in total. The molecule has 5 heteroatoms. The summed E-state index contributed by atoms with van der Waals surface area (Å²) in [6.45, 7) is 2.02. The number of aryl methyl sites for hydroxylation is 1. The van der Waals surface area contributed by atoms with Gasteiger partial charge < -0.3 is 5.73 Å². The van der Waals surface area contributed by atoms with Gasteiger partial charge in [0.1, 0.15) is 5.82 Å². The zero-order valence-electron chi connectivity index (χ0n) is 10.9. The van der Waals surface area contributed by atoms with E-state index in [2.05, 4.69) is 15.2 Å². The Morgan fingerprint density at radius 3 is 2.50 bits per heavy atom. The number of nitrogens with zero attached hydrogens (tertiary/aromatic N) is 2. The largest absolute Gasteiger partial charge is 0.382 e. The molecule has 0 aliphatic rings. The molecule has 0 spiro atoms. The summed E-state index contributed by atoms with van der Waals surface area (Å²) < 4.78 is 13.0. The summed E-state index contributed by atoms with van der Waals surface area (Å²) in [5.74, 6) is 0.0214. The van der Waals surface area contributed by atoms with Crippen molar-refractivity contribution in [3.8, 4) is 22.5 Å². The Labute approximate surface area is 115 Å². The normalized spacial score (nSPS) is 10.7. The highest BCUT2D eigenvalue weighted by Crippen LogP contribution is 2.33. The van der Waals surface area contributed by atoms with Gasteiger partial charge in [0.05, 0.1) is 23.1 Å². The van der Waals surface area contributed by atoms with Crippen molar-refractivity contribution in [3.63, 3.8) is 0 Å². The van der Waals surface area contributed by atoms with Gasteiger partial charge in [-0.25, -0.2) is 4.39 Å². The van der Waals surface area contributed by atoms with Crippen LogP contribution in [0.1, 0.15) is 5.56 Å². The molecule has 0 radical (unpaired) electrons. The predicted molar refractivity (Wildman–Crippen MR) is 76.4 cm³/mol. The van der Waals surface area contributed by atoms with Gasteiger partial charge >= 0.3 is 0 Å². The maximum Gasteiger partial charge on any atom is 0.153 e. The van der Waals surface area contributed by atoms with Gasteiger partial charge in [-0.2, -0.15) is 5.10 Å². The zero-order valence-corrected chi connectivity index (χ0v) is 10.9. The number of nitrogen functional groups attached to an aromatic ring is 1. The number of aromatic amines is 1. The van der Waals surface area contributed by atoms with Crippen LogP contribution in [-0.4, -0.2) is 15.2 Å². The summed E-state index contributed by atoms with van der Waals surface area (Å²) in [7, 11) is 0. The lowest BCUT2D eigenvalue weighted by Gasteiger charge is -2.04. The topological polar surface area (TPSA) is 67.6 Å². The van der Waals surface area contributed by atoms with E-state index in [1.54, 1.807) is 6.07 Å². The van der Waals surface area contributed by atoms with Crippen molar-refractivity contribution in [2.24, 2.45) is 0 Å². The molecular weight excluding hydrogens is 255 g/mol. The second kappa shape index (κ2) is 4.77. The lowest BCUT2D eigenvalue weighted by molar-refractivity contribution is 0.622. The number of nitrogens with two attached hydrogens (primary N) is 1. The second-order valence-corrected chi connectivity index (χ2v) is 4.59. The smallest absolute Gasteiger partial charge is 0.153 e. The average molecular weight is 268 g/mol. The third-order valence-electron chi connectivity index (χ3n) is 3.12. The second-order valence-electron chi connectivity index (χ2n) is 4.59. The highest BCUT2D eigenvalue weighted by molar-refractivity contribution is 5.86. The average Bonchev–Trinajstić information content (AvgIpc) is 2.83. The molecule has 2 heterocycles. The summed E-state index contributed by atoms with van der Waals surface area (Å²) >= 11 is 0. The SMILES string of the molecule is Cc1ccc(-c2c(N)n[nH]c2-c2ccc(F)cn2)cc1. The molecule has 0 atom stereocenters. The summed E-state index contributed by atoms with van der Waals surface area (Å²) in [6, 6.07) is 10.9. The minimum absolute atomic E-state index is 0.377. The van der Waals surface area contributed by atoms with E-state index in [-0.39, 0.29) is 5.82 Å². The van der Waals surface area contributed by atoms with Gasteiger partial charge in [0.15, 0.2) is 5.82 Å². The van der Waals surface area contributed by atoms with E-state index in [0.29, 0.717) is 17.2 Å². The maximum atomic E-state index is 13.0. The van der Waals surface area contributed by atoms with Crippen molar-refractivity contribution >= 4 is 5.82 Å². The van der Waals surface area contributed by atoms with Crippen LogP contribution in [0.4, 0.5) is 10.2 Å². The van der Waals surface area contributed by atoms with Gasteiger partial charge in [-0.05, 0) is 24.6 Å². The van der Waals surface area contributed by atoms with Crippen molar-refractivity contribution in [2.75, 3.05) is 5.73 Å². The highest BCUT2D eigenvalue weighted by atomic mass is 19.1. The van der Waals surface area contributed by atoms with Gasteiger partial charge in [-0.15, -0.1) is 0 Å². The van der Waals surface area contributed by atoms with Crippen LogP contribution >= 0.6 is 0 Å². The molecule has 0 aliphatic carbocycles. The van der Waals surface area contributed by atoms with Crippen LogP contribution in [0.15, 0.2) is 42.6 Å². The number of H-pyrrole nitrogens is 1. The molecule has 0 saturated carbocycles. The number of halogens is 1. The van der Waals surface area contributed by atoms with Gasteiger partial charge in [-0.1, -0.05) is 29.8 Å². The van der Waals surface area contributed by atoms with Gasteiger partial charge in [0, 0.05) is 0 Å². The van der Waals surface area contributed by atoms with E-state index in [1.165, 1.54) is 12.3 Å². The van der Waals surface area contributed by atoms with E-state index in [9.17, 15) is 4.39 Å². The number of pyridine rings is 1.